The molecule has 76 valence electrons. The van der Waals surface area contributed by atoms with E-state index >= 15 is 0 Å². The second-order valence-corrected chi connectivity index (χ2v) is 4.83. The number of nitrogens with two attached hydrogens (primary N) is 1. The Labute approximate surface area is 87.1 Å². The van der Waals surface area contributed by atoms with Crippen LogP contribution in [0.4, 0.5) is 10.1 Å². The standard InChI is InChI=1S/C10H13FN2S/c11-7-3-8(12)5-10(4-7)14-9-1-2-13-6-9/h3-5,9,13H,1-2,6,12H2. The van der Waals surface area contributed by atoms with Gasteiger partial charge in [0, 0.05) is 22.4 Å². The number of benzene rings is 1. The lowest BCUT2D eigenvalue weighted by atomic mass is 10.3. The van der Waals surface area contributed by atoms with E-state index in [0.717, 1.165) is 24.4 Å². The minimum absolute atomic E-state index is 0.251. The smallest absolute Gasteiger partial charge is 0.126 e. The molecule has 0 radical (unpaired) electrons. The van der Waals surface area contributed by atoms with Crippen LogP contribution in [0.15, 0.2) is 23.1 Å². The number of anilines is 1. The van der Waals surface area contributed by atoms with Gasteiger partial charge in [-0.1, -0.05) is 0 Å². The third kappa shape index (κ3) is 2.39. The predicted octanol–water partition coefficient (Wildman–Crippen LogP) is 1.86. The molecule has 2 nitrogen and oxygen atoms in total. The molecule has 0 spiro atoms. The minimum atomic E-state index is -0.251. The second kappa shape index (κ2) is 4.19. The fourth-order valence-corrected chi connectivity index (χ4v) is 2.78. The number of rotatable bonds is 2. The molecule has 1 aromatic rings. The van der Waals surface area contributed by atoms with Crippen molar-refractivity contribution >= 4 is 17.4 Å². The Morgan fingerprint density at radius 1 is 1.43 bits per heavy atom. The number of hydrogen-bond donors (Lipinski definition) is 2. The highest BCUT2D eigenvalue weighted by atomic mass is 32.2. The lowest BCUT2D eigenvalue weighted by molar-refractivity contribution is 0.625. The van der Waals surface area contributed by atoms with Crippen LogP contribution >= 0.6 is 11.8 Å². The van der Waals surface area contributed by atoms with Gasteiger partial charge < -0.3 is 11.1 Å². The monoisotopic (exact) mass is 212 g/mol. The number of nitrogen functional groups attached to an aromatic ring is 1. The molecule has 1 saturated heterocycles. The summed E-state index contributed by atoms with van der Waals surface area (Å²) in [6.45, 7) is 2.06. The Kier molecular flexibility index (Phi) is 2.93. The van der Waals surface area contributed by atoms with Crippen LogP contribution in [0.5, 0.6) is 0 Å². The maximum Gasteiger partial charge on any atom is 0.126 e. The summed E-state index contributed by atoms with van der Waals surface area (Å²) in [6, 6.07) is 4.71. The van der Waals surface area contributed by atoms with Crippen LogP contribution in [0, 0.1) is 5.82 Å². The van der Waals surface area contributed by atoms with Gasteiger partial charge in [-0.05, 0) is 31.2 Å². The molecule has 14 heavy (non-hydrogen) atoms. The Morgan fingerprint density at radius 3 is 2.93 bits per heavy atom. The van der Waals surface area contributed by atoms with E-state index in [0.29, 0.717) is 10.9 Å². The number of thioether (sulfide) groups is 1. The molecule has 1 aliphatic heterocycles. The van der Waals surface area contributed by atoms with Crippen LogP contribution in [-0.2, 0) is 0 Å². The Bertz CT molecular complexity index is 304. The summed E-state index contributed by atoms with van der Waals surface area (Å²) >= 11 is 1.70. The molecule has 0 amide bonds. The van der Waals surface area contributed by atoms with Crippen molar-refractivity contribution in [3.05, 3.63) is 24.0 Å². The quantitative estimate of drug-likeness (QED) is 0.735. The Hall–Kier alpha value is -0.740. The summed E-state index contributed by atoms with van der Waals surface area (Å²) in [4.78, 5) is 0.927. The summed E-state index contributed by atoms with van der Waals surface area (Å²) in [7, 11) is 0. The molecule has 2 rings (SSSR count). The lowest BCUT2D eigenvalue weighted by Crippen LogP contribution is -2.09. The van der Waals surface area contributed by atoms with Crippen molar-refractivity contribution in [1.29, 1.82) is 0 Å². The summed E-state index contributed by atoms with van der Waals surface area (Å²) in [5.41, 5.74) is 6.06. The zero-order valence-electron chi connectivity index (χ0n) is 7.79. The molecule has 3 N–H and O–H groups in total. The highest BCUT2D eigenvalue weighted by Gasteiger charge is 2.15. The van der Waals surface area contributed by atoms with Gasteiger partial charge in [-0.3, -0.25) is 0 Å². The normalized spacial score (nSPS) is 21.4. The zero-order valence-corrected chi connectivity index (χ0v) is 8.61. The zero-order chi connectivity index (χ0) is 9.97. The average Bonchev–Trinajstić information content (AvgIpc) is 2.54. The fourth-order valence-electron chi connectivity index (χ4n) is 1.57. The van der Waals surface area contributed by atoms with E-state index in [9.17, 15) is 4.39 Å². The van der Waals surface area contributed by atoms with Crippen molar-refractivity contribution < 1.29 is 4.39 Å². The van der Waals surface area contributed by atoms with Gasteiger partial charge >= 0.3 is 0 Å². The molecule has 0 bridgehead atoms. The first-order valence-corrected chi connectivity index (χ1v) is 5.55. The van der Waals surface area contributed by atoms with E-state index in [1.54, 1.807) is 17.8 Å². The maximum atomic E-state index is 13.0. The van der Waals surface area contributed by atoms with E-state index in [-0.39, 0.29) is 5.82 Å². The first-order chi connectivity index (χ1) is 6.74. The molecule has 0 saturated carbocycles. The van der Waals surface area contributed by atoms with Crippen LogP contribution in [0.2, 0.25) is 0 Å². The minimum Gasteiger partial charge on any atom is -0.399 e. The molecular formula is C10H13FN2S. The third-order valence-corrected chi connectivity index (χ3v) is 3.46. The van der Waals surface area contributed by atoms with Gasteiger partial charge in [0.2, 0.25) is 0 Å². The molecule has 1 unspecified atom stereocenters. The van der Waals surface area contributed by atoms with Crippen LogP contribution in [-0.4, -0.2) is 18.3 Å². The second-order valence-electron chi connectivity index (χ2n) is 3.45. The van der Waals surface area contributed by atoms with E-state index < -0.39 is 0 Å². The van der Waals surface area contributed by atoms with Crippen LogP contribution in [0.1, 0.15) is 6.42 Å². The van der Waals surface area contributed by atoms with Crippen molar-refractivity contribution in [1.82, 2.24) is 5.32 Å². The van der Waals surface area contributed by atoms with Crippen LogP contribution in [0.25, 0.3) is 0 Å². The molecule has 1 aliphatic rings. The first-order valence-electron chi connectivity index (χ1n) is 4.67. The summed E-state index contributed by atoms with van der Waals surface area (Å²) in [6.07, 6.45) is 1.14. The van der Waals surface area contributed by atoms with Gasteiger partial charge in [0.1, 0.15) is 5.82 Å². The maximum absolute atomic E-state index is 13.0. The van der Waals surface area contributed by atoms with Crippen molar-refractivity contribution in [3.63, 3.8) is 0 Å². The van der Waals surface area contributed by atoms with E-state index in [4.69, 9.17) is 5.73 Å². The predicted molar refractivity (Wildman–Crippen MR) is 57.9 cm³/mol. The van der Waals surface area contributed by atoms with Gasteiger partial charge in [0.25, 0.3) is 0 Å². The summed E-state index contributed by atoms with van der Waals surface area (Å²) in [5.74, 6) is -0.251. The number of nitrogens with one attached hydrogen (secondary N) is 1. The fraction of sp³-hybridized carbons (Fsp3) is 0.400. The summed E-state index contributed by atoms with van der Waals surface area (Å²) in [5, 5.41) is 3.83. The lowest BCUT2D eigenvalue weighted by Gasteiger charge is -2.08. The Morgan fingerprint density at radius 2 is 2.29 bits per heavy atom. The molecule has 0 aliphatic carbocycles. The molecule has 1 heterocycles. The largest absolute Gasteiger partial charge is 0.399 e. The molecule has 4 heteroatoms. The molecule has 1 atom stereocenters. The van der Waals surface area contributed by atoms with E-state index in [2.05, 4.69) is 5.32 Å². The van der Waals surface area contributed by atoms with Gasteiger partial charge in [0.15, 0.2) is 0 Å². The van der Waals surface area contributed by atoms with Crippen molar-refractivity contribution in [2.45, 2.75) is 16.6 Å². The van der Waals surface area contributed by atoms with Gasteiger partial charge in [-0.15, -0.1) is 11.8 Å². The number of halogens is 1. The average molecular weight is 212 g/mol. The first kappa shape index (κ1) is 9.80. The highest BCUT2D eigenvalue weighted by molar-refractivity contribution is 8.00. The molecule has 0 aromatic heterocycles. The molecular weight excluding hydrogens is 199 g/mol. The Balaban J connectivity index is 2.07. The van der Waals surface area contributed by atoms with Gasteiger partial charge in [-0.25, -0.2) is 4.39 Å². The van der Waals surface area contributed by atoms with Gasteiger partial charge in [-0.2, -0.15) is 0 Å². The van der Waals surface area contributed by atoms with E-state index in [1.807, 2.05) is 6.07 Å². The van der Waals surface area contributed by atoms with Crippen LogP contribution in [0.3, 0.4) is 0 Å². The number of hydrogen-bond acceptors (Lipinski definition) is 3. The van der Waals surface area contributed by atoms with Crippen molar-refractivity contribution in [3.8, 4) is 0 Å². The SMILES string of the molecule is Nc1cc(F)cc(SC2CCNC2)c1. The highest BCUT2D eigenvalue weighted by Crippen LogP contribution is 2.28. The molecule has 1 fully saturated rings. The van der Waals surface area contributed by atoms with Crippen LogP contribution < -0.4 is 11.1 Å². The molecule has 1 aromatic carbocycles. The summed E-state index contributed by atoms with van der Waals surface area (Å²) < 4.78 is 13.0. The topological polar surface area (TPSA) is 38.0 Å². The van der Waals surface area contributed by atoms with Crippen molar-refractivity contribution in [2.75, 3.05) is 18.8 Å². The van der Waals surface area contributed by atoms with Gasteiger partial charge in [0.05, 0.1) is 0 Å². The van der Waals surface area contributed by atoms with Crippen molar-refractivity contribution in [2.24, 2.45) is 0 Å². The van der Waals surface area contributed by atoms with E-state index in [1.165, 1.54) is 6.07 Å². The third-order valence-electron chi connectivity index (χ3n) is 2.21.